The summed E-state index contributed by atoms with van der Waals surface area (Å²) in [5, 5.41) is 6.67. The Kier molecular flexibility index (Phi) is 3.82. The molecule has 0 aliphatic rings. The summed E-state index contributed by atoms with van der Waals surface area (Å²) in [4.78, 5) is 8.63. The fraction of sp³-hybridized carbons (Fsp3) is 0.286. The Morgan fingerprint density at radius 1 is 1.23 bits per heavy atom. The molecule has 0 fully saturated rings. The zero-order valence-electron chi connectivity index (χ0n) is 11.7. The molecule has 0 saturated carbocycles. The Labute approximate surface area is 132 Å². The highest BCUT2D eigenvalue weighted by Gasteiger charge is 2.30. The Morgan fingerprint density at radius 2 is 2.00 bits per heavy atom. The number of nitrogens with zero attached hydrogens (tertiary/aromatic N) is 2. The summed E-state index contributed by atoms with van der Waals surface area (Å²) in [6.07, 6.45) is -4.35. The standard InChI is InChI=1S/C14H12F3N3S2/c1-7-6-21-12(18-7)8(2)19-13-20-10-5-9(14(15,16)17)3-4-11(10)22-13/h3-6,8H,1-2H3,(H,19,20). The molecule has 0 aliphatic heterocycles. The number of aryl methyl sites for hydroxylation is 1. The fourth-order valence-corrected chi connectivity index (χ4v) is 3.72. The molecule has 3 nitrogen and oxygen atoms in total. The van der Waals surface area contributed by atoms with Crippen molar-refractivity contribution >= 4 is 38.0 Å². The summed E-state index contributed by atoms with van der Waals surface area (Å²) in [5.74, 6) is 0. The number of alkyl halides is 3. The molecular weight excluding hydrogens is 331 g/mol. The van der Waals surface area contributed by atoms with Gasteiger partial charge in [-0.1, -0.05) is 11.3 Å². The molecule has 2 heterocycles. The molecule has 0 spiro atoms. The predicted octanol–water partition coefficient (Wildman–Crippen LogP) is 5.25. The highest BCUT2D eigenvalue weighted by molar-refractivity contribution is 7.22. The third kappa shape index (κ3) is 3.07. The highest BCUT2D eigenvalue weighted by atomic mass is 32.1. The van der Waals surface area contributed by atoms with Crippen LogP contribution in [0.3, 0.4) is 0 Å². The van der Waals surface area contributed by atoms with Crippen molar-refractivity contribution in [1.29, 1.82) is 0 Å². The molecular formula is C14H12F3N3S2. The van der Waals surface area contributed by atoms with E-state index in [0.717, 1.165) is 27.5 Å². The first-order valence-corrected chi connectivity index (χ1v) is 8.19. The zero-order chi connectivity index (χ0) is 15.9. The Bertz CT molecular complexity index is 807. The number of hydrogen-bond acceptors (Lipinski definition) is 5. The van der Waals surface area contributed by atoms with Crippen LogP contribution in [0.15, 0.2) is 23.6 Å². The minimum absolute atomic E-state index is 0.0404. The van der Waals surface area contributed by atoms with Crippen LogP contribution in [0, 0.1) is 6.92 Å². The Hall–Kier alpha value is -1.67. The molecule has 0 amide bonds. The monoisotopic (exact) mass is 343 g/mol. The van der Waals surface area contributed by atoms with E-state index in [4.69, 9.17) is 0 Å². The van der Waals surface area contributed by atoms with Gasteiger partial charge in [-0.25, -0.2) is 9.97 Å². The molecule has 1 N–H and O–H groups in total. The summed E-state index contributed by atoms with van der Waals surface area (Å²) in [7, 11) is 0. The normalized spacial score (nSPS) is 13.5. The molecule has 22 heavy (non-hydrogen) atoms. The van der Waals surface area contributed by atoms with Crippen molar-refractivity contribution in [2.24, 2.45) is 0 Å². The van der Waals surface area contributed by atoms with Gasteiger partial charge in [0.25, 0.3) is 0 Å². The summed E-state index contributed by atoms with van der Waals surface area (Å²) in [5.41, 5.74) is 0.623. The summed E-state index contributed by atoms with van der Waals surface area (Å²) in [6.45, 7) is 3.87. The molecule has 1 unspecified atom stereocenters. The average Bonchev–Trinajstić information content (AvgIpc) is 3.02. The van der Waals surface area contributed by atoms with E-state index in [9.17, 15) is 13.2 Å². The largest absolute Gasteiger partial charge is 0.416 e. The molecule has 116 valence electrons. The van der Waals surface area contributed by atoms with Crippen molar-refractivity contribution in [3.05, 3.63) is 39.8 Å². The number of benzene rings is 1. The minimum atomic E-state index is -4.35. The second-order valence-electron chi connectivity index (χ2n) is 4.89. The molecule has 2 aromatic heterocycles. The summed E-state index contributed by atoms with van der Waals surface area (Å²) < 4.78 is 38.8. The molecule has 0 saturated heterocycles. The summed E-state index contributed by atoms with van der Waals surface area (Å²) in [6, 6.07) is 3.58. The first-order valence-electron chi connectivity index (χ1n) is 6.49. The molecule has 0 radical (unpaired) electrons. The van der Waals surface area contributed by atoms with Crippen LogP contribution in [-0.4, -0.2) is 9.97 Å². The van der Waals surface area contributed by atoms with Crippen LogP contribution in [0.4, 0.5) is 18.3 Å². The maximum atomic E-state index is 12.7. The van der Waals surface area contributed by atoms with Crippen molar-refractivity contribution in [3.8, 4) is 0 Å². The van der Waals surface area contributed by atoms with Crippen LogP contribution >= 0.6 is 22.7 Å². The number of nitrogens with one attached hydrogen (secondary N) is 1. The first-order chi connectivity index (χ1) is 10.3. The number of rotatable bonds is 3. The molecule has 3 rings (SSSR count). The number of anilines is 1. The van der Waals surface area contributed by atoms with Crippen LogP contribution in [0.1, 0.15) is 29.2 Å². The van der Waals surface area contributed by atoms with Gasteiger partial charge < -0.3 is 5.32 Å². The molecule has 8 heteroatoms. The number of hydrogen-bond donors (Lipinski definition) is 1. The van der Waals surface area contributed by atoms with Crippen molar-refractivity contribution < 1.29 is 13.2 Å². The van der Waals surface area contributed by atoms with Gasteiger partial charge in [0.05, 0.1) is 21.8 Å². The van der Waals surface area contributed by atoms with E-state index in [1.165, 1.54) is 17.4 Å². The lowest BCUT2D eigenvalue weighted by molar-refractivity contribution is -0.137. The number of thiazole rings is 2. The molecule has 1 aromatic carbocycles. The molecule has 0 aliphatic carbocycles. The number of aromatic nitrogens is 2. The van der Waals surface area contributed by atoms with Gasteiger partial charge in [-0.3, -0.25) is 0 Å². The quantitative estimate of drug-likeness (QED) is 0.705. The van der Waals surface area contributed by atoms with E-state index in [-0.39, 0.29) is 6.04 Å². The van der Waals surface area contributed by atoms with Crippen LogP contribution in [0.25, 0.3) is 10.2 Å². The van der Waals surface area contributed by atoms with Gasteiger partial charge in [0.2, 0.25) is 0 Å². The lowest BCUT2D eigenvalue weighted by atomic mass is 10.2. The van der Waals surface area contributed by atoms with E-state index >= 15 is 0 Å². The van der Waals surface area contributed by atoms with Gasteiger partial charge in [0, 0.05) is 11.1 Å². The second-order valence-corrected chi connectivity index (χ2v) is 6.81. The van der Waals surface area contributed by atoms with Crippen molar-refractivity contribution in [2.75, 3.05) is 5.32 Å². The maximum Gasteiger partial charge on any atom is 0.416 e. The van der Waals surface area contributed by atoms with Gasteiger partial charge in [-0.15, -0.1) is 11.3 Å². The van der Waals surface area contributed by atoms with E-state index in [1.807, 2.05) is 19.2 Å². The Balaban J connectivity index is 1.86. The van der Waals surface area contributed by atoms with Crippen LogP contribution in [0.2, 0.25) is 0 Å². The van der Waals surface area contributed by atoms with Gasteiger partial charge >= 0.3 is 6.18 Å². The highest BCUT2D eigenvalue weighted by Crippen LogP contribution is 2.35. The number of fused-ring (bicyclic) bond motifs is 1. The SMILES string of the molecule is Cc1csc(C(C)Nc2nc3cc(C(F)(F)F)ccc3s2)n1. The smallest absolute Gasteiger partial charge is 0.353 e. The molecule has 3 aromatic rings. The third-order valence-corrected chi connectivity index (χ3v) is 5.17. The van der Waals surface area contributed by atoms with Crippen molar-refractivity contribution in [1.82, 2.24) is 9.97 Å². The van der Waals surface area contributed by atoms with Gasteiger partial charge in [-0.05, 0) is 32.0 Å². The molecule has 1 atom stereocenters. The fourth-order valence-electron chi connectivity index (χ4n) is 1.98. The topological polar surface area (TPSA) is 37.8 Å². The van der Waals surface area contributed by atoms with E-state index in [2.05, 4.69) is 15.3 Å². The minimum Gasteiger partial charge on any atom is -0.353 e. The lowest BCUT2D eigenvalue weighted by Gasteiger charge is -2.08. The number of halogens is 3. The van der Waals surface area contributed by atoms with Gasteiger partial charge in [-0.2, -0.15) is 13.2 Å². The first kappa shape index (κ1) is 15.2. The maximum absolute atomic E-state index is 12.7. The van der Waals surface area contributed by atoms with E-state index in [0.29, 0.717) is 10.6 Å². The predicted molar refractivity (Wildman–Crippen MR) is 83.5 cm³/mol. The van der Waals surface area contributed by atoms with Gasteiger partial charge in [0.1, 0.15) is 5.01 Å². The van der Waals surface area contributed by atoms with Crippen molar-refractivity contribution in [2.45, 2.75) is 26.1 Å². The zero-order valence-corrected chi connectivity index (χ0v) is 13.4. The van der Waals surface area contributed by atoms with E-state index < -0.39 is 11.7 Å². The van der Waals surface area contributed by atoms with Crippen molar-refractivity contribution in [3.63, 3.8) is 0 Å². The second kappa shape index (κ2) is 5.51. The van der Waals surface area contributed by atoms with E-state index in [1.54, 1.807) is 11.3 Å². The van der Waals surface area contributed by atoms with Crippen LogP contribution in [-0.2, 0) is 6.18 Å². The average molecular weight is 343 g/mol. The van der Waals surface area contributed by atoms with Crippen LogP contribution < -0.4 is 5.32 Å². The lowest BCUT2D eigenvalue weighted by Crippen LogP contribution is -2.06. The van der Waals surface area contributed by atoms with Crippen LogP contribution in [0.5, 0.6) is 0 Å². The molecule has 0 bridgehead atoms. The summed E-state index contributed by atoms with van der Waals surface area (Å²) >= 11 is 2.88. The Morgan fingerprint density at radius 3 is 2.64 bits per heavy atom. The van der Waals surface area contributed by atoms with Gasteiger partial charge in [0.15, 0.2) is 5.13 Å². The third-order valence-electron chi connectivity index (χ3n) is 3.06.